The quantitative estimate of drug-likeness (QED) is 0.201. The molecule has 0 spiro atoms. The van der Waals surface area contributed by atoms with Crippen molar-refractivity contribution >= 4 is 16.8 Å². The van der Waals surface area contributed by atoms with Crippen LogP contribution in [0.25, 0.3) is 39.1 Å². The van der Waals surface area contributed by atoms with Crippen LogP contribution in [0.2, 0.25) is 0 Å². The molecular formula is C42H34O3. The van der Waals surface area contributed by atoms with Gasteiger partial charge in [0.15, 0.2) is 5.60 Å². The van der Waals surface area contributed by atoms with Gasteiger partial charge in [-0.25, -0.2) is 0 Å². The lowest BCUT2D eigenvalue weighted by molar-refractivity contribution is 0.163. The highest BCUT2D eigenvalue weighted by molar-refractivity contribution is 6.09. The van der Waals surface area contributed by atoms with Crippen LogP contribution in [-0.4, -0.2) is 14.2 Å². The second-order valence-corrected chi connectivity index (χ2v) is 12.4. The fourth-order valence-corrected chi connectivity index (χ4v) is 7.40. The van der Waals surface area contributed by atoms with Crippen LogP contribution >= 0.6 is 0 Å². The van der Waals surface area contributed by atoms with Gasteiger partial charge in [-0.1, -0.05) is 105 Å². The standard InChI is InChI=1S/C42H34O3/c1-41(2)37-25-28(27-11-7-5-8-12-27)15-21-34(37)38-33-22-20-32(44-4)26-36(33)40-35(39(38)41)23-24-42(45-40,29-13-9-6-10-14-29)30-16-18-31(43-3)19-17-30/h5-26H,1-4H3. The summed E-state index contributed by atoms with van der Waals surface area (Å²) in [6, 6.07) is 42.6. The van der Waals surface area contributed by atoms with E-state index in [2.05, 4.69) is 129 Å². The molecule has 0 amide bonds. The van der Waals surface area contributed by atoms with Crippen molar-refractivity contribution in [3.63, 3.8) is 0 Å². The van der Waals surface area contributed by atoms with Gasteiger partial charge in [0, 0.05) is 27.5 Å². The molecule has 1 atom stereocenters. The molecule has 1 aliphatic heterocycles. The van der Waals surface area contributed by atoms with Gasteiger partial charge in [0.05, 0.1) is 14.2 Å². The van der Waals surface area contributed by atoms with Crippen molar-refractivity contribution in [2.45, 2.75) is 24.9 Å². The minimum atomic E-state index is -0.832. The lowest BCUT2D eigenvalue weighted by Gasteiger charge is -2.38. The zero-order valence-electron chi connectivity index (χ0n) is 25.9. The third kappa shape index (κ3) is 4.04. The number of hydrogen-bond acceptors (Lipinski definition) is 3. The molecule has 0 saturated carbocycles. The largest absolute Gasteiger partial charge is 0.497 e. The number of fused-ring (bicyclic) bond motifs is 8. The molecule has 45 heavy (non-hydrogen) atoms. The van der Waals surface area contributed by atoms with Crippen molar-refractivity contribution in [3.05, 3.63) is 155 Å². The minimum absolute atomic E-state index is 0.256. The van der Waals surface area contributed by atoms with Gasteiger partial charge in [0.2, 0.25) is 0 Å². The van der Waals surface area contributed by atoms with E-state index in [-0.39, 0.29) is 5.41 Å². The third-order valence-electron chi connectivity index (χ3n) is 9.67. The topological polar surface area (TPSA) is 27.7 Å². The highest BCUT2D eigenvalue weighted by Crippen LogP contribution is 2.58. The summed E-state index contributed by atoms with van der Waals surface area (Å²) < 4.78 is 18.7. The van der Waals surface area contributed by atoms with Gasteiger partial charge in [0.25, 0.3) is 0 Å². The van der Waals surface area contributed by atoms with E-state index in [0.29, 0.717) is 0 Å². The first kappa shape index (κ1) is 27.3. The molecule has 0 radical (unpaired) electrons. The molecule has 220 valence electrons. The van der Waals surface area contributed by atoms with Crippen molar-refractivity contribution in [1.82, 2.24) is 0 Å². The molecule has 6 aromatic rings. The Balaban J connectivity index is 1.41. The number of rotatable bonds is 5. The Bertz CT molecular complexity index is 2110. The SMILES string of the molecule is COc1ccc(C2(c3ccccc3)C=Cc3c4c(c5ccc(OC)cc5c3O2)-c2ccc(-c3ccccc3)cc2C4(C)C)cc1. The maximum Gasteiger partial charge on any atom is 0.178 e. The highest BCUT2D eigenvalue weighted by atomic mass is 16.5. The monoisotopic (exact) mass is 586 g/mol. The molecule has 1 aliphatic carbocycles. The summed E-state index contributed by atoms with van der Waals surface area (Å²) in [4.78, 5) is 0. The lowest BCUT2D eigenvalue weighted by Crippen LogP contribution is -2.35. The molecule has 0 N–H and O–H groups in total. The summed E-state index contributed by atoms with van der Waals surface area (Å²) in [5.41, 5.74) is 9.74. The Morgan fingerprint density at radius 2 is 1.27 bits per heavy atom. The number of hydrogen-bond donors (Lipinski definition) is 0. The van der Waals surface area contributed by atoms with Crippen LogP contribution in [0.15, 0.2) is 127 Å². The Labute approximate surface area is 264 Å². The first-order valence-electron chi connectivity index (χ1n) is 15.4. The van der Waals surface area contributed by atoms with Crippen LogP contribution < -0.4 is 14.2 Å². The molecule has 0 bridgehead atoms. The van der Waals surface area contributed by atoms with Crippen LogP contribution in [0.3, 0.4) is 0 Å². The van der Waals surface area contributed by atoms with Gasteiger partial charge in [-0.15, -0.1) is 0 Å². The maximum atomic E-state index is 7.41. The molecule has 2 aliphatic rings. The van der Waals surface area contributed by atoms with E-state index < -0.39 is 5.60 Å². The Morgan fingerprint density at radius 3 is 1.98 bits per heavy atom. The number of ether oxygens (including phenoxy) is 3. The van der Waals surface area contributed by atoms with Crippen molar-refractivity contribution in [1.29, 1.82) is 0 Å². The number of methoxy groups -OCH3 is 2. The molecule has 1 unspecified atom stereocenters. The van der Waals surface area contributed by atoms with Gasteiger partial charge in [0.1, 0.15) is 17.2 Å². The highest BCUT2D eigenvalue weighted by Gasteiger charge is 2.44. The molecule has 0 saturated heterocycles. The van der Waals surface area contributed by atoms with E-state index in [9.17, 15) is 0 Å². The zero-order chi connectivity index (χ0) is 30.8. The number of benzene rings is 6. The van der Waals surface area contributed by atoms with Gasteiger partial charge in [-0.2, -0.15) is 0 Å². The summed E-state index contributed by atoms with van der Waals surface area (Å²) in [6.45, 7) is 4.69. The van der Waals surface area contributed by atoms with Crippen LogP contribution in [0.1, 0.15) is 41.7 Å². The van der Waals surface area contributed by atoms with Crippen molar-refractivity contribution in [2.24, 2.45) is 0 Å². The Kier molecular flexibility index (Phi) is 6.15. The fourth-order valence-electron chi connectivity index (χ4n) is 7.40. The first-order valence-corrected chi connectivity index (χ1v) is 15.4. The van der Waals surface area contributed by atoms with Gasteiger partial charge >= 0.3 is 0 Å². The lowest BCUT2D eigenvalue weighted by atomic mass is 9.76. The van der Waals surface area contributed by atoms with E-state index in [0.717, 1.165) is 44.7 Å². The van der Waals surface area contributed by atoms with E-state index in [4.69, 9.17) is 14.2 Å². The zero-order valence-corrected chi connectivity index (χ0v) is 25.9. The molecule has 0 fully saturated rings. The summed E-state index contributed by atoms with van der Waals surface area (Å²) >= 11 is 0. The minimum Gasteiger partial charge on any atom is -0.497 e. The predicted octanol–water partition coefficient (Wildman–Crippen LogP) is 10.2. The van der Waals surface area contributed by atoms with Crippen LogP contribution in [0.4, 0.5) is 0 Å². The molecule has 8 rings (SSSR count). The average molecular weight is 587 g/mol. The van der Waals surface area contributed by atoms with Crippen LogP contribution in [-0.2, 0) is 11.0 Å². The summed E-state index contributed by atoms with van der Waals surface area (Å²) in [7, 11) is 3.41. The third-order valence-corrected chi connectivity index (χ3v) is 9.67. The second kappa shape index (κ2) is 10.1. The Hall–Kier alpha value is -5.28. The summed E-state index contributed by atoms with van der Waals surface area (Å²) in [6.07, 6.45) is 4.52. The van der Waals surface area contributed by atoms with E-state index in [1.54, 1.807) is 14.2 Å². The summed E-state index contributed by atoms with van der Waals surface area (Å²) in [5, 5.41) is 2.20. The van der Waals surface area contributed by atoms with Gasteiger partial charge in [-0.3, -0.25) is 0 Å². The fraction of sp³-hybridized carbons (Fsp3) is 0.143. The average Bonchev–Trinajstić information content (AvgIpc) is 3.34. The molecule has 6 aromatic carbocycles. The van der Waals surface area contributed by atoms with E-state index in [1.807, 2.05) is 18.2 Å². The van der Waals surface area contributed by atoms with Crippen molar-refractivity contribution in [3.8, 4) is 39.5 Å². The first-order chi connectivity index (χ1) is 21.9. The maximum absolute atomic E-state index is 7.41. The van der Waals surface area contributed by atoms with Crippen molar-refractivity contribution < 1.29 is 14.2 Å². The summed E-state index contributed by atoms with van der Waals surface area (Å²) in [5.74, 6) is 2.48. The van der Waals surface area contributed by atoms with Gasteiger partial charge in [-0.05, 0) is 81.2 Å². The van der Waals surface area contributed by atoms with Crippen LogP contribution in [0, 0.1) is 0 Å². The van der Waals surface area contributed by atoms with Crippen LogP contribution in [0.5, 0.6) is 17.2 Å². The molecular weight excluding hydrogens is 552 g/mol. The Morgan fingerprint density at radius 1 is 0.600 bits per heavy atom. The van der Waals surface area contributed by atoms with E-state index >= 15 is 0 Å². The van der Waals surface area contributed by atoms with E-state index in [1.165, 1.54) is 33.4 Å². The predicted molar refractivity (Wildman–Crippen MR) is 183 cm³/mol. The normalized spacial score (nSPS) is 17.2. The van der Waals surface area contributed by atoms with Crippen molar-refractivity contribution in [2.75, 3.05) is 14.2 Å². The smallest absolute Gasteiger partial charge is 0.178 e. The van der Waals surface area contributed by atoms with Gasteiger partial charge < -0.3 is 14.2 Å². The molecule has 3 heteroatoms. The molecule has 0 aromatic heterocycles. The second-order valence-electron chi connectivity index (χ2n) is 12.4. The molecule has 1 heterocycles. The molecule has 3 nitrogen and oxygen atoms in total.